The molecule has 0 aliphatic heterocycles. The highest BCUT2D eigenvalue weighted by molar-refractivity contribution is 6.32. The second-order valence-electron chi connectivity index (χ2n) is 3.00. The van der Waals surface area contributed by atoms with Gasteiger partial charge in [-0.25, -0.2) is 9.18 Å². The molecule has 0 aliphatic rings. The second-order valence-corrected chi connectivity index (χ2v) is 3.34. The number of aromatic nitrogens is 1. The van der Waals surface area contributed by atoms with E-state index >= 15 is 0 Å². The Bertz CT molecular complexity index is 553. The minimum Gasteiger partial charge on any atom is -0.477 e. The molecule has 0 amide bonds. The fraction of sp³-hybridized carbons (Fsp3) is 0. The molecule has 16 heavy (non-hydrogen) atoms. The lowest BCUT2D eigenvalue weighted by molar-refractivity contribution is 0.0697. The summed E-state index contributed by atoms with van der Waals surface area (Å²) in [5.41, 5.74) is 0.0392. The first-order valence-corrected chi connectivity index (χ1v) is 4.62. The largest absolute Gasteiger partial charge is 0.477 e. The summed E-state index contributed by atoms with van der Waals surface area (Å²) in [5.74, 6) is -1.77. The zero-order valence-electron chi connectivity index (χ0n) is 7.78. The highest BCUT2D eigenvalue weighted by atomic mass is 35.5. The molecule has 0 saturated carbocycles. The van der Waals surface area contributed by atoms with E-state index in [4.69, 9.17) is 16.7 Å². The van der Waals surface area contributed by atoms with Crippen LogP contribution >= 0.6 is 11.6 Å². The molecule has 0 saturated heterocycles. The van der Waals surface area contributed by atoms with Crippen molar-refractivity contribution in [1.82, 2.24) is 5.16 Å². The van der Waals surface area contributed by atoms with E-state index in [9.17, 15) is 9.18 Å². The lowest BCUT2D eigenvalue weighted by Crippen LogP contribution is -1.97. The van der Waals surface area contributed by atoms with Crippen LogP contribution in [0.5, 0.6) is 0 Å². The predicted octanol–water partition coefficient (Wildman–Crippen LogP) is 2.83. The van der Waals surface area contributed by atoms with Crippen molar-refractivity contribution in [3.8, 4) is 11.3 Å². The Morgan fingerprint density at radius 1 is 1.50 bits per heavy atom. The standard InChI is InChI=1S/C10H5ClFNO3/c11-9-7(10(14)15)8(13-16-9)5-2-1-3-6(12)4-5/h1-4H,(H,14,15). The highest BCUT2D eigenvalue weighted by Crippen LogP contribution is 2.28. The van der Waals surface area contributed by atoms with E-state index in [-0.39, 0.29) is 16.5 Å². The van der Waals surface area contributed by atoms with Crippen molar-refractivity contribution in [3.05, 3.63) is 40.9 Å². The van der Waals surface area contributed by atoms with Gasteiger partial charge in [0, 0.05) is 5.56 Å². The van der Waals surface area contributed by atoms with Gasteiger partial charge in [-0.05, 0) is 23.7 Å². The van der Waals surface area contributed by atoms with E-state index in [0.717, 1.165) is 6.07 Å². The summed E-state index contributed by atoms with van der Waals surface area (Å²) in [6.45, 7) is 0. The summed E-state index contributed by atoms with van der Waals surface area (Å²) in [6.07, 6.45) is 0. The van der Waals surface area contributed by atoms with Gasteiger partial charge >= 0.3 is 5.97 Å². The number of hydrogen-bond acceptors (Lipinski definition) is 3. The van der Waals surface area contributed by atoms with Crippen LogP contribution in [0.3, 0.4) is 0 Å². The molecule has 1 aromatic carbocycles. The van der Waals surface area contributed by atoms with Crippen LogP contribution in [0, 0.1) is 5.82 Å². The van der Waals surface area contributed by atoms with Crippen molar-refractivity contribution < 1.29 is 18.8 Å². The number of halogens is 2. The minimum absolute atomic E-state index is 0.0111. The monoisotopic (exact) mass is 241 g/mol. The Kier molecular flexibility index (Phi) is 2.62. The lowest BCUT2D eigenvalue weighted by Gasteiger charge is -1.97. The molecule has 0 unspecified atom stereocenters. The number of carbonyl (C=O) groups is 1. The van der Waals surface area contributed by atoms with Crippen LogP contribution in [0.25, 0.3) is 11.3 Å². The van der Waals surface area contributed by atoms with Crippen LogP contribution in [0.15, 0.2) is 28.8 Å². The van der Waals surface area contributed by atoms with Gasteiger partial charge in [-0.2, -0.15) is 0 Å². The van der Waals surface area contributed by atoms with E-state index in [1.54, 1.807) is 0 Å². The molecule has 0 spiro atoms. The molecule has 6 heteroatoms. The molecule has 0 aliphatic carbocycles. The second kappa shape index (κ2) is 3.94. The van der Waals surface area contributed by atoms with E-state index < -0.39 is 11.8 Å². The molecular weight excluding hydrogens is 237 g/mol. The molecule has 82 valence electrons. The van der Waals surface area contributed by atoms with Crippen LogP contribution in [0.2, 0.25) is 5.22 Å². The third-order valence-electron chi connectivity index (χ3n) is 1.96. The molecule has 0 fully saturated rings. The van der Waals surface area contributed by atoms with Gasteiger partial charge in [-0.15, -0.1) is 0 Å². The Balaban J connectivity index is 2.60. The average Bonchev–Trinajstić information content (AvgIpc) is 2.60. The first-order valence-electron chi connectivity index (χ1n) is 4.24. The van der Waals surface area contributed by atoms with Gasteiger partial charge in [0.1, 0.15) is 17.1 Å². The maximum atomic E-state index is 13.0. The maximum absolute atomic E-state index is 13.0. The normalized spacial score (nSPS) is 10.4. The Morgan fingerprint density at radius 3 is 2.88 bits per heavy atom. The molecule has 0 atom stereocenters. The van der Waals surface area contributed by atoms with Gasteiger partial charge in [0.15, 0.2) is 0 Å². The zero-order chi connectivity index (χ0) is 11.7. The number of benzene rings is 1. The fourth-order valence-corrected chi connectivity index (χ4v) is 1.49. The first kappa shape index (κ1) is 10.6. The van der Waals surface area contributed by atoms with Crippen LogP contribution in [-0.2, 0) is 0 Å². The third-order valence-corrected chi connectivity index (χ3v) is 2.22. The van der Waals surface area contributed by atoms with Crippen molar-refractivity contribution in [3.63, 3.8) is 0 Å². The van der Waals surface area contributed by atoms with E-state index in [1.165, 1.54) is 18.2 Å². The third kappa shape index (κ3) is 1.77. The molecule has 0 radical (unpaired) electrons. The summed E-state index contributed by atoms with van der Waals surface area (Å²) in [5, 5.41) is 12.1. The van der Waals surface area contributed by atoms with Crippen LogP contribution in [-0.4, -0.2) is 16.2 Å². The Hall–Kier alpha value is -1.88. The van der Waals surface area contributed by atoms with Gasteiger partial charge in [0.05, 0.1) is 0 Å². The van der Waals surface area contributed by atoms with Crippen molar-refractivity contribution >= 4 is 17.6 Å². The maximum Gasteiger partial charge on any atom is 0.342 e. The van der Waals surface area contributed by atoms with Gasteiger partial charge < -0.3 is 9.63 Å². The van der Waals surface area contributed by atoms with Crippen molar-refractivity contribution in [2.45, 2.75) is 0 Å². The molecule has 2 aromatic rings. The number of aromatic carboxylic acids is 1. The number of carboxylic acid groups (broad SMARTS) is 1. The highest BCUT2D eigenvalue weighted by Gasteiger charge is 2.22. The molecule has 1 N–H and O–H groups in total. The number of rotatable bonds is 2. The van der Waals surface area contributed by atoms with Gasteiger partial charge in [0.25, 0.3) is 0 Å². The summed E-state index contributed by atoms with van der Waals surface area (Å²) >= 11 is 5.53. The van der Waals surface area contributed by atoms with Crippen molar-refractivity contribution in [2.24, 2.45) is 0 Å². The van der Waals surface area contributed by atoms with E-state index in [2.05, 4.69) is 9.68 Å². The van der Waals surface area contributed by atoms with Crippen LogP contribution in [0.1, 0.15) is 10.4 Å². The SMILES string of the molecule is O=C(O)c1c(-c2cccc(F)c2)noc1Cl. The minimum atomic E-state index is -1.27. The number of carboxylic acids is 1. The lowest BCUT2D eigenvalue weighted by atomic mass is 10.1. The summed E-state index contributed by atoms with van der Waals surface area (Å²) < 4.78 is 17.5. The van der Waals surface area contributed by atoms with Crippen LogP contribution < -0.4 is 0 Å². The average molecular weight is 242 g/mol. The number of hydrogen-bond donors (Lipinski definition) is 1. The Labute approximate surface area is 94.2 Å². The van der Waals surface area contributed by atoms with Crippen molar-refractivity contribution in [1.29, 1.82) is 0 Å². The molecule has 2 rings (SSSR count). The number of nitrogens with zero attached hydrogens (tertiary/aromatic N) is 1. The molecule has 4 nitrogen and oxygen atoms in total. The molecular formula is C10H5ClFNO3. The molecule has 1 heterocycles. The quantitative estimate of drug-likeness (QED) is 0.878. The summed E-state index contributed by atoms with van der Waals surface area (Å²) in [7, 11) is 0. The fourth-order valence-electron chi connectivity index (χ4n) is 1.29. The smallest absolute Gasteiger partial charge is 0.342 e. The van der Waals surface area contributed by atoms with E-state index in [0.29, 0.717) is 5.56 Å². The topological polar surface area (TPSA) is 63.3 Å². The Morgan fingerprint density at radius 2 is 2.25 bits per heavy atom. The van der Waals surface area contributed by atoms with Crippen LogP contribution in [0.4, 0.5) is 4.39 Å². The summed E-state index contributed by atoms with van der Waals surface area (Å²) in [4.78, 5) is 10.9. The zero-order valence-corrected chi connectivity index (χ0v) is 8.53. The van der Waals surface area contributed by atoms with E-state index in [1.807, 2.05) is 0 Å². The van der Waals surface area contributed by atoms with Crippen molar-refractivity contribution in [2.75, 3.05) is 0 Å². The van der Waals surface area contributed by atoms with Gasteiger partial charge in [0.2, 0.25) is 5.22 Å². The van der Waals surface area contributed by atoms with Gasteiger partial charge in [-0.3, -0.25) is 0 Å². The predicted molar refractivity (Wildman–Crippen MR) is 53.9 cm³/mol. The molecule has 1 aromatic heterocycles. The molecule has 0 bridgehead atoms. The first-order chi connectivity index (χ1) is 7.59. The van der Waals surface area contributed by atoms with Gasteiger partial charge in [-0.1, -0.05) is 17.3 Å². The summed E-state index contributed by atoms with van der Waals surface area (Å²) in [6, 6.07) is 5.36.